The van der Waals surface area contributed by atoms with E-state index >= 15 is 0 Å². The van der Waals surface area contributed by atoms with Crippen molar-refractivity contribution >= 4 is 43.1 Å². The number of nitrogens with zero attached hydrogens (tertiary/aromatic N) is 3. The van der Waals surface area contributed by atoms with Crippen LogP contribution in [-0.2, 0) is 42.1 Å². The zero-order chi connectivity index (χ0) is 46.5. The molecule has 63 heavy (non-hydrogen) atoms. The highest BCUT2D eigenvalue weighted by Crippen LogP contribution is 2.45. The van der Waals surface area contributed by atoms with Crippen molar-refractivity contribution in [1.29, 1.82) is 0 Å². The number of aldehydes is 1. The standard InChI is InChI=1S/C31H51N12O19P/c1-7-31(53,5-45)22(61-26-12(37-2)17(49)14(46)8(3-44)59-26)27(57-7)60-20-10(39-28(32)33)16(48)11(40-29(34)35)21(19(20)51)62-63(54,55)56-4-9-15(47)18(50)25(58-9)43-6-38-13-23(43)41-30(36)42-24(13)52/h5-12,14-22,25-27,37,44,46-51,53H,3-4H2,1-2H3,(H,54,55)(H4,32,33,39)(H4,34,35,40)(H3,36,41,42,52)/p+2/t7-,8-,9+,10-,11+,12-,14-,15+,16-,17-,18+,19-,20+,21-,22-,25+,26-,27-,31+/m0/s1. The van der Waals surface area contributed by atoms with E-state index in [9.17, 15) is 59.9 Å². The molecule has 0 aromatic carbocycles. The van der Waals surface area contributed by atoms with E-state index < -0.39 is 154 Å². The molecule has 6 rings (SSSR count). The van der Waals surface area contributed by atoms with Gasteiger partial charge in [-0.25, -0.2) is 4.98 Å². The Morgan fingerprint density at radius 2 is 1.60 bits per heavy atom. The second-order valence-corrected chi connectivity index (χ2v) is 16.7. The number of carbonyl (C=O) groups is 1. The number of hydrogen-bond donors (Lipinski definition) is 17. The molecule has 20 atom stereocenters. The van der Waals surface area contributed by atoms with E-state index in [0.717, 1.165) is 10.9 Å². The fourth-order valence-corrected chi connectivity index (χ4v) is 8.90. The third kappa shape index (κ3) is 9.38. The van der Waals surface area contributed by atoms with Gasteiger partial charge in [0.15, 0.2) is 41.6 Å². The number of quaternary nitrogens is 1. The average molecular weight is 929 g/mol. The van der Waals surface area contributed by atoms with Gasteiger partial charge in [0.1, 0.15) is 79.2 Å². The smallest absolute Gasteiger partial charge is 0.339 e. The number of imidazole rings is 1. The highest BCUT2D eigenvalue weighted by Gasteiger charge is 2.62. The number of ether oxygens (including phenoxy) is 5. The maximum absolute atomic E-state index is 13.5. The number of guanidine groups is 2. The number of phosphoric ester groups is 1. The number of hydrogen-bond acceptors (Lipinski definition) is 22. The molecule has 2 aromatic heterocycles. The van der Waals surface area contributed by atoms with Crippen LogP contribution in [0.2, 0.25) is 0 Å². The lowest BCUT2D eigenvalue weighted by Crippen LogP contribution is -3.00. The number of carbonyl (C=O) groups excluding carboxylic acids is 1. The lowest BCUT2D eigenvalue weighted by molar-refractivity contribution is -0.696. The number of aromatic amines is 1. The van der Waals surface area contributed by atoms with Crippen LogP contribution in [-0.4, -0.2) is 208 Å². The molecule has 0 spiro atoms. The Kier molecular flexibility index (Phi) is 14.4. The van der Waals surface area contributed by atoms with Crippen LogP contribution in [0.5, 0.6) is 0 Å². The van der Waals surface area contributed by atoms with Crippen molar-refractivity contribution in [1.82, 2.24) is 19.5 Å². The summed E-state index contributed by atoms with van der Waals surface area (Å²) in [5.41, 5.74) is 24.8. The van der Waals surface area contributed by atoms with E-state index in [4.69, 9.17) is 61.4 Å². The molecule has 354 valence electrons. The number of anilines is 1. The molecule has 1 unspecified atom stereocenters. The van der Waals surface area contributed by atoms with Gasteiger partial charge in [0.25, 0.3) is 13.4 Å². The number of H-pyrrole nitrogens is 1. The number of aliphatic hydroxyl groups is 8. The molecule has 0 bridgehead atoms. The molecule has 0 radical (unpaired) electrons. The average Bonchev–Trinajstić information content (AvgIpc) is 3.84. The van der Waals surface area contributed by atoms with Gasteiger partial charge in [0, 0.05) is 0 Å². The quantitative estimate of drug-likeness (QED) is 0.0341. The SMILES string of the molecule is C[NH2+][C@@H]1[C@H](O[C@H]2[C@H](O[C@H]3[C@H](O)[C@@H](OP(=O)([O-])OC[C@H]4O[C@@H](n5cnc6c(=O)[nH]c(N)nc65)[C@H](O)[C@@H]4O)[C@H]([NH+]=C(N)N)[C@@H](O)[C@@H]3[NH+]=C(N)N)O[C@@H](C)[C@]2(O)C=O)O[C@@H](CO)[C@H](O)[C@H]1O. The van der Waals surface area contributed by atoms with Crippen LogP contribution in [0.15, 0.2) is 11.1 Å². The van der Waals surface area contributed by atoms with Gasteiger partial charge in [-0.05, 0) is 6.92 Å². The van der Waals surface area contributed by atoms with Gasteiger partial charge >= 0.3 is 11.9 Å². The lowest BCUT2D eigenvalue weighted by atomic mass is 9.81. The second kappa shape index (κ2) is 18.8. The second-order valence-electron chi connectivity index (χ2n) is 15.3. The molecule has 2 aromatic rings. The van der Waals surface area contributed by atoms with Crippen LogP contribution in [0.3, 0.4) is 0 Å². The zero-order valence-electron chi connectivity index (χ0n) is 33.3. The van der Waals surface area contributed by atoms with Crippen molar-refractivity contribution in [3.8, 4) is 0 Å². The molecule has 4 aliphatic rings. The minimum atomic E-state index is -5.72. The Morgan fingerprint density at radius 3 is 2.21 bits per heavy atom. The van der Waals surface area contributed by atoms with Gasteiger partial charge in [0.2, 0.25) is 12.2 Å². The van der Waals surface area contributed by atoms with E-state index in [-0.39, 0.29) is 23.4 Å². The van der Waals surface area contributed by atoms with Gasteiger partial charge in [0.05, 0.1) is 32.7 Å². The Hall–Kier alpha value is -4.09. The molecule has 3 aliphatic heterocycles. The van der Waals surface area contributed by atoms with E-state index in [1.165, 1.54) is 19.3 Å². The first kappa shape index (κ1) is 48.4. The molecule has 32 heteroatoms. The largest absolute Gasteiger partial charge is 0.756 e. The third-order valence-corrected chi connectivity index (χ3v) is 12.2. The number of nitrogens with one attached hydrogen (secondary N) is 3. The van der Waals surface area contributed by atoms with Crippen LogP contribution < -0.4 is 54.4 Å². The first-order chi connectivity index (χ1) is 29.6. The lowest BCUT2D eigenvalue weighted by Gasteiger charge is -2.46. The summed E-state index contributed by atoms with van der Waals surface area (Å²) in [6.45, 7) is -0.572. The molecule has 3 saturated heterocycles. The summed E-state index contributed by atoms with van der Waals surface area (Å²) in [5, 5.41) is 89.1. The van der Waals surface area contributed by atoms with Gasteiger partial charge in [-0.3, -0.25) is 56.6 Å². The van der Waals surface area contributed by atoms with Crippen molar-refractivity contribution in [2.75, 3.05) is 26.0 Å². The molecular formula is C31H53N12O19P+2. The minimum Gasteiger partial charge on any atom is -0.756 e. The Balaban J connectivity index is 1.26. The summed E-state index contributed by atoms with van der Waals surface area (Å²) >= 11 is 0. The predicted octanol–water partition coefficient (Wildman–Crippen LogP) is -15.2. The van der Waals surface area contributed by atoms with E-state index in [0.29, 0.717) is 0 Å². The molecule has 4 fully saturated rings. The van der Waals surface area contributed by atoms with Gasteiger partial charge in [-0.2, -0.15) is 4.98 Å². The number of likely N-dealkylation sites (N-methyl/N-ethyl adjacent to an activating group) is 1. The predicted molar refractivity (Wildman–Crippen MR) is 200 cm³/mol. The summed E-state index contributed by atoms with van der Waals surface area (Å²) in [5.74, 6) is -1.48. The number of nitrogens with two attached hydrogens (primary N) is 6. The number of phosphoric acid groups is 1. The first-order valence-electron chi connectivity index (χ1n) is 19.2. The van der Waals surface area contributed by atoms with Crippen molar-refractivity contribution in [3.63, 3.8) is 0 Å². The van der Waals surface area contributed by atoms with Gasteiger partial charge in [-0.15, -0.1) is 0 Å². The van der Waals surface area contributed by atoms with Crippen LogP contribution >= 0.6 is 7.82 Å². The number of aromatic nitrogens is 4. The van der Waals surface area contributed by atoms with Crippen molar-refractivity contribution < 1.29 is 103 Å². The van der Waals surface area contributed by atoms with Crippen LogP contribution in [0.4, 0.5) is 5.95 Å². The molecule has 5 heterocycles. The topological polar surface area (TPSA) is 522 Å². The number of fused-ring (bicyclic) bond motifs is 1. The van der Waals surface area contributed by atoms with Crippen LogP contribution in [0.25, 0.3) is 11.2 Å². The van der Waals surface area contributed by atoms with E-state index in [1.807, 2.05) is 0 Å². The number of aliphatic hydroxyl groups excluding tert-OH is 7. The third-order valence-electron chi connectivity index (χ3n) is 11.3. The normalized spacial score (nSPS) is 41.6. The number of rotatable bonds is 15. The summed E-state index contributed by atoms with van der Waals surface area (Å²) in [4.78, 5) is 53.3. The van der Waals surface area contributed by atoms with Crippen molar-refractivity contribution in [2.24, 2.45) is 22.9 Å². The molecule has 0 amide bonds. The molecule has 1 aliphatic carbocycles. The van der Waals surface area contributed by atoms with Crippen molar-refractivity contribution in [3.05, 3.63) is 16.7 Å². The highest BCUT2D eigenvalue weighted by molar-refractivity contribution is 7.45. The van der Waals surface area contributed by atoms with E-state index in [1.54, 1.807) is 0 Å². The summed E-state index contributed by atoms with van der Waals surface area (Å²) in [6, 6.07) is -4.56. The molecule has 23 N–H and O–H groups in total. The van der Waals surface area contributed by atoms with Gasteiger partial charge in [-0.1, -0.05) is 0 Å². The Morgan fingerprint density at radius 1 is 0.968 bits per heavy atom. The molecular weight excluding hydrogens is 875 g/mol. The molecule has 1 saturated carbocycles. The summed E-state index contributed by atoms with van der Waals surface area (Å²) in [6.07, 6.45) is -25.3. The maximum Gasteiger partial charge on any atom is 0.339 e. The maximum atomic E-state index is 13.5. The Bertz CT molecular complexity index is 2110. The fraction of sp³-hybridized carbons (Fsp3) is 0.742. The molecule has 31 nitrogen and oxygen atoms in total. The Labute approximate surface area is 354 Å². The first-order valence-corrected chi connectivity index (χ1v) is 20.6. The highest BCUT2D eigenvalue weighted by atomic mass is 31.2. The summed E-state index contributed by atoms with van der Waals surface area (Å²) < 4.78 is 54.1. The fourth-order valence-electron chi connectivity index (χ4n) is 7.96. The minimum absolute atomic E-state index is 0.0654. The van der Waals surface area contributed by atoms with E-state index in [2.05, 4.69) is 24.9 Å². The van der Waals surface area contributed by atoms with Crippen LogP contribution in [0.1, 0.15) is 13.2 Å². The van der Waals surface area contributed by atoms with Crippen molar-refractivity contribution in [2.45, 2.75) is 123 Å². The van der Waals surface area contributed by atoms with Crippen LogP contribution in [0, 0.1) is 0 Å². The summed E-state index contributed by atoms with van der Waals surface area (Å²) in [7, 11) is -4.24. The zero-order valence-corrected chi connectivity index (χ0v) is 34.2. The van der Waals surface area contributed by atoms with Gasteiger partial charge < -0.3 is 89.5 Å². The number of nitrogen functional groups attached to an aromatic ring is 1. The monoisotopic (exact) mass is 928 g/mol.